The van der Waals surface area contributed by atoms with Gasteiger partial charge in [0.25, 0.3) is 0 Å². The van der Waals surface area contributed by atoms with Crippen LogP contribution in [0.15, 0.2) is 42.0 Å². The molecule has 1 amide bonds. The molecule has 0 bridgehead atoms. The van der Waals surface area contributed by atoms with Crippen molar-refractivity contribution in [2.45, 2.75) is 32.6 Å². The Balaban J connectivity index is 1.40. The van der Waals surface area contributed by atoms with E-state index < -0.39 is 0 Å². The van der Waals surface area contributed by atoms with Crippen LogP contribution in [0.3, 0.4) is 0 Å². The first-order chi connectivity index (χ1) is 11.9. The van der Waals surface area contributed by atoms with Gasteiger partial charge in [-0.05, 0) is 23.1 Å². The van der Waals surface area contributed by atoms with E-state index in [0.29, 0.717) is 13.2 Å². The summed E-state index contributed by atoms with van der Waals surface area (Å²) in [7, 11) is 0. The minimum atomic E-state index is -0.0440. The van der Waals surface area contributed by atoms with Gasteiger partial charge in [-0.3, -0.25) is 9.20 Å². The second-order valence-electron chi connectivity index (χ2n) is 6.97. The van der Waals surface area contributed by atoms with Crippen LogP contribution in [0.5, 0.6) is 5.75 Å². The molecule has 3 aromatic rings. The Morgan fingerprint density at radius 3 is 2.72 bits per heavy atom. The molecule has 0 aliphatic heterocycles. The Bertz CT molecular complexity index is 815. The molecular weight excluding hydrogens is 334 g/mol. The van der Waals surface area contributed by atoms with Crippen LogP contribution in [0.1, 0.15) is 32.0 Å². The van der Waals surface area contributed by atoms with Crippen molar-refractivity contribution >= 4 is 22.2 Å². The van der Waals surface area contributed by atoms with Crippen molar-refractivity contribution in [1.29, 1.82) is 0 Å². The SMILES string of the molecule is CC(C)(C)c1ccc(OCCNC(=O)Cc2cn3ccsc3n2)cc1. The maximum atomic E-state index is 12.0. The molecule has 0 aliphatic carbocycles. The van der Waals surface area contributed by atoms with Crippen LogP contribution in [0, 0.1) is 0 Å². The number of hydrogen-bond acceptors (Lipinski definition) is 4. The number of ether oxygens (including phenoxy) is 1. The van der Waals surface area contributed by atoms with Crippen LogP contribution in [0.2, 0.25) is 0 Å². The summed E-state index contributed by atoms with van der Waals surface area (Å²) in [6.07, 6.45) is 4.11. The third-order valence-electron chi connectivity index (χ3n) is 3.90. The fourth-order valence-corrected chi connectivity index (χ4v) is 3.22. The van der Waals surface area contributed by atoms with E-state index in [1.54, 1.807) is 11.3 Å². The Morgan fingerprint density at radius 2 is 2.04 bits per heavy atom. The number of carbonyl (C=O) groups is 1. The molecule has 25 heavy (non-hydrogen) atoms. The van der Waals surface area contributed by atoms with Gasteiger partial charge >= 0.3 is 0 Å². The molecule has 0 unspecified atom stereocenters. The number of nitrogens with zero attached hydrogens (tertiary/aromatic N) is 2. The number of amides is 1. The molecule has 0 radical (unpaired) electrons. The molecule has 0 atom stereocenters. The van der Waals surface area contributed by atoms with E-state index in [-0.39, 0.29) is 17.7 Å². The zero-order valence-corrected chi connectivity index (χ0v) is 15.6. The van der Waals surface area contributed by atoms with Crippen molar-refractivity contribution in [3.63, 3.8) is 0 Å². The van der Waals surface area contributed by atoms with E-state index >= 15 is 0 Å². The fourth-order valence-electron chi connectivity index (χ4n) is 2.50. The zero-order valence-electron chi connectivity index (χ0n) is 14.8. The number of aromatic nitrogens is 2. The molecule has 0 saturated carbocycles. The maximum Gasteiger partial charge on any atom is 0.226 e. The minimum absolute atomic E-state index is 0.0440. The summed E-state index contributed by atoms with van der Waals surface area (Å²) in [6, 6.07) is 8.11. The predicted molar refractivity (Wildman–Crippen MR) is 100 cm³/mol. The summed E-state index contributed by atoms with van der Waals surface area (Å²) < 4.78 is 7.61. The van der Waals surface area contributed by atoms with Crippen molar-refractivity contribution < 1.29 is 9.53 Å². The summed E-state index contributed by atoms with van der Waals surface area (Å²) in [6.45, 7) is 7.47. The molecule has 1 aromatic carbocycles. The monoisotopic (exact) mass is 357 g/mol. The highest BCUT2D eigenvalue weighted by molar-refractivity contribution is 7.15. The third-order valence-corrected chi connectivity index (χ3v) is 4.67. The summed E-state index contributed by atoms with van der Waals surface area (Å²) in [5.41, 5.74) is 2.19. The van der Waals surface area contributed by atoms with Gasteiger partial charge in [0, 0.05) is 17.8 Å². The van der Waals surface area contributed by atoms with Gasteiger partial charge in [-0.25, -0.2) is 4.98 Å². The molecule has 0 spiro atoms. The summed E-state index contributed by atoms with van der Waals surface area (Å²) in [5, 5.41) is 4.83. The van der Waals surface area contributed by atoms with Crippen LogP contribution < -0.4 is 10.1 Å². The highest BCUT2D eigenvalue weighted by Gasteiger charge is 2.13. The number of thiazole rings is 1. The quantitative estimate of drug-likeness (QED) is 0.688. The Labute approximate surface area is 151 Å². The van der Waals surface area contributed by atoms with E-state index in [2.05, 4.69) is 43.2 Å². The molecule has 0 saturated heterocycles. The van der Waals surface area contributed by atoms with Gasteiger partial charge in [0.05, 0.1) is 18.7 Å². The van der Waals surface area contributed by atoms with E-state index in [1.165, 1.54) is 5.56 Å². The van der Waals surface area contributed by atoms with Crippen LogP contribution in [0.25, 0.3) is 4.96 Å². The second-order valence-corrected chi connectivity index (χ2v) is 7.85. The van der Waals surface area contributed by atoms with Crippen LogP contribution in [-0.4, -0.2) is 28.4 Å². The molecule has 132 valence electrons. The predicted octanol–water partition coefficient (Wildman–Crippen LogP) is 3.43. The Hall–Kier alpha value is -2.34. The number of fused-ring (bicyclic) bond motifs is 1. The van der Waals surface area contributed by atoms with Gasteiger partial charge in [0.2, 0.25) is 5.91 Å². The van der Waals surface area contributed by atoms with Gasteiger partial charge in [0.15, 0.2) is 4.96 Å². The van der Waals surface area contributed by atoms with Crippen molar-refractivity contribution in [1.82, 2.24) is 14.7 Å². The highest BCUT2D eigenvalue weighted by atomic mass is 32.1. The average Bonchev–Trinajstić information content (AvgIpc) is 3.12. The topological polar surface area (TPSA) is 55.6 Å². The normalized spacial score (nSPS) is 11.6. The first-order valence-electron chi connectivity index (χ1n) is 8.33. The maximum absolute atomic E-state index is 12.0. The number of benzene rings is 1. The smallest absolute Gasteiger partial charge is 0.226 e. The van der Waals surface area contributed by atoms with Gasteiger partial charge in [-0.15, -0.1) is 11.3 Å². The lowest BCUT2D eigenvalue weighted by Gasteiger charge is -2.19. The van der Waals surface area contributed by atoms with E-state index in [9.17, 15) is 4.79 Å². The first-order valence-corrected chi connectivity index (χ1v) is 9.21. The van der Waals surface area contributed by atoms with E-state index in [0.717, 1.165) is 16.4 Å². The number of rotatable bonds is 6. The van der Waals surface area contributed by atoms with Gasteiger partial charge in [-0.1, -0.05) is 32.9 Å². The lowest BCUT2D eigenvalue weighted by molar-refractivity contribution is -0.120. The summed E-state index contributed by atoms with van der Waals surface area (Å²) >= 11 is 1.56. The largest absolute Gasteiger partial charge is 0.492 e. The highest BCUT2D eigenvalue weighted by Crippen LogP contribution is 2.24. The van der Waals surface area contributed by atoms with Crippen LogP contribution >= 0.6 is 11.3 Å². The van der Waals surface area contributed by atoms with Crippen molar-refractivity contribution in [3.8, 4) is 5.75 Å². The molecule has 6 heteroatoms. The molecule has 2 heterocycles. The van der Waals surface area contributed by atoms with Crippen molar-refractivity contribution in [3.05, 3.63) is 53.3 Å². The summed E-state index contributed by atoms with van der Waals surface area (Å²) in [4.78, 5) is 17.3. The first kappa shape index (κ1) is 17.5. The molecular formula is C19H23N3O2S. The molecule has 1 N–H and O–H groups in total. The van der Waals surface area contributed by atoms with E-state index in [1.807, 2.05) is 34.3 Å². The molecule has 2 aromatic heterocycles. The zero-order chi connectivity index (χ0) is 17.9. The number of carbonyl (C=O) groups excluding carboxylic acids is 1. The number of nitrogens with one attached hydrogen (secondary N) is 1. The molecule has 0 aliphatic rings. The lowest BCUT2D eigenvalue weighted by atomic mass is 9.87. The molecule has 0 fully saturated rings. The van der Waals surface area contributed by atoms with Crippen LogP contribution in [-0.2, 0) is 16.6 Å². The van der Waals surface area contributed by atoms with Crippen molar-refractivity contribution in [2.75, 3.05) is 13.2 Å². The Kier molecular flexibility index (Phi) is 5.08. The lowest BCUT2D eigenvalue weighted by Crippen LogP contribution is -2.29. The fraction of sp³-hybridized carbons (Fsp3) is 0.368. The average molecular weight is 357 g/mol. The van der Waals surface area contributed by atoms with Crippen LogP contribution in [0.4, 0.5) is 0 Å². The standard InChI is InChI=1S/C19H23N3O2S/c1-19(2,3)14-4-6-16(7-5-14)24-10-8-20-17(23)12-15-13-22-9-11-25-18(22)21-15/h4-7,9,11,13H,8,10,12H2,1-3H3,(H,20,23). The van der Waals surface area contributed by atoms with Gasteiger partial charge < -0.3 is 10.1 Å². The summed E-state index contributed by atoms with van der Waals surface area (Å²) in [5.74, 6) is 0.772. The molecule has 3 rings (SSSR count). The number of imidazole rings is 1. The van der Waals surface area contributed by atoms with Gasteiger partial charge in [0.1, 0.15) is 12.4 Å². The van der Waals surface area contributed by atoms with E-state index in [4.69, 9.17) is 4.74 Å². The van der Waals surface area contributed by atoms with Gasteiger partial charge in [-0.2, -0.15) is 0 Å². The second kappa shape index (κ2) is 7.27. The molecule has 5 nitrogen and oxygen atoms in total. The number of hydrogen-bond donors (Lipinski definition) is 1. The minimum Gasteiger partial charge on any atom is -0.492 e. The third kappa shape index (κ3) is 4.60. The van der Waals surface area contributed by atoms with Crippen molar-refractivity contribution in [2.24, 2.45) is 0 Å². The Morgan fingerprint density at radius 1 is 1.28 bits per heavy atom.